The van der Waals surface area contributed by atoms with Gasteiger partial charge in [-0.25, -0.2) is 0 Å². The summed E-state index contributed by atoms with van der Waals surface area (Å²) in [4.78, 5) is 23.4. The predicted octanol–water partition coefficient (Wildman–Crippen LogP) is 3.62. The Balaban J connectivity index is 1.55. The van der Waals surface area contributed by atoms with Crippen molar-refractivity contribution in [2.75, 3.05) is 5.32 Å². The lowest BCUT2D eigenvalue weighted by molar-refractivity contribution is -0.114. The molecule has 29 heavy (non-hydrogen) atoms. The van der Waals surface area contributed by atoms with Crippen molar-refractivity contribution in [3.8, 4) is 11.8 Å². The number of carbonyl (C=O) groups excluding carboxylic acids is 2. The Bertz CT molecular complexity index is 1070. The fraction of sp³-hybridized carbons (Fsp3) is 0.136. The van der Waals surface area contributed by atoms with Gasteiger partial charge in [-0.3, -0.25) is 9.59 Å². The highest BCUT2D eigenvalue weighted by Crippen LogP contribution is 2.19. The van der Waals surface area contributed by atoms with Crippen molar-refractivity contribution in [3.05, 3.63) is 83.3 Å². The highest BCUT2D eigenvalue weighted by Gasteiger charge is 2.12. The molecule has 0 aliphatic rings. The van der Waals surface area contributed by atoms with E-state index in [1.54, 1.807) is 54.6 Å². The highest BCUT2D eigenvalue weighted by atomic mass is 16.5. The van der Waals surface area contributed by atoms with Gasteiger partial charge in [0.2, 0.25) is 5.91 Å². The van der Waals surface area contributed by atoms with E-state index in [0.717, 1.165) is 5.56 Å². The number of anilines is 1. The number of rotatable bonds is 7. The molecule has 2 amide bonds. The van der Waals surface area contributed by atoms with Crippen LogP contribution in [0.15, 0.2) is 65.1 Å². The summed E-state index contributed by atoms with van der Waals surface area (Å²) < 4.78 is 11.1. The quantitative estimate of drug-likeness (QED) is 0.642. The number of hydrogen-bond acceptors (Lipinski definition) is 5. The van der Waals surface area contributed by atoms with Crippen molar-refractivity contribution in [2.24, 2.45) is 0 Å². The molecule has 0 fully saturated rings. The lowest BCUT2D eigenvalue weighted by atomic mass is 10.2. The third kappa shape index (κ3) is 5.47. The third-order valence-corrected chi connectivity index (χ3v) is 3.96. The Morgan fingerprint density at radius 2 is 1.93 bits per heavy atom. The van der Waals surface area contributed by atoms with Gasteiger partial charge in [0.1, 0.15) is 24.2 Å². The summed E-state index contributed by atoms with van der Waals surface area (Å²) in [5, 5.41) is 14.5. The van der Waals surface area contributed by atoms with Crippen molar-refractivity contribution in [1.29, 1.82) is 5.26 Å². The molecule has 0 radical (unpaired) electrons. The Kier molecular flexibility index (Phi) is 6.28. The minimum Gasteiger partial charge on any atom is -0.484 e. The van der Waals surface area contributed by atoms with Crippen LogP contribution in [0.3, 0.4) is 0 Å². The van der Waals surface area contributed by atoms with Crippen molar-refractivity contribution >= 4 is 17.5 Å². The van der Waals surface area contributed by atoms with Gasteiger partial charge >= 0.3 is 0 Å². The number of ether oxygens (including phenoxy) is 1. The van der Waals surface area contributed by atoms with Crippen molar-refractivity contribution in [1.82, 2.24) is 5.32 Å². The molecule has 0 aliphatic heterocycles. The number of benzene rings is 2. The third-order valence-electron chi connectivity index (χ3n) is 3.96. The van der Waals surface area contributed by atoms with Crippen LogP contribution in [0.4, 0.5) is 5.69 Å². The molecule has 2 aromatic carbocycles. The zero-order valence-corrected chi connectivity index (χ0v) is 15.8. The number of nitrogens with zero attached hydrogens (tertiary/aromatic N) is 1. The summed E-state index contributed by atoms with van der Waals surface area (Å²) in [5.74, 6) is 0.565. The predicted molar refractivity (Wildman–Crippen MR) is 106 cm³/mol. The van der Waals surface area contributed by atoms with Crippen LogP contribution in [-0.4, -0.2) is 11.8 Å². The van der Waals surface area contributed by atoms with Crippen molar-refractivity contribution in [3.63, 3.8) is 0 Å². The zero-order chi connectivity index (χ0) is 20.6. The second-order valence-electron chi connectivity index (χ2n) is 6.23. The molecule has 7 nitrogen and oxygen atoms in total. The number of hydrogen-bond donors (Lipinski definition) is 2. The molecule has 1 heterocycles. The number of para-hydroxylation sites is 1. The first-order chi connectivity index (χ1) is 14.0. The lowest BCUT2D eigenvalue weighted by Crippen LogP contribution is -2.22. The Morgan fingerprint density at radius 3 is 2.72 bits per heavy atom. The standard InChI is InChI=1S/C22H19N3O4/c1-15(26)25-18-7-4-5-16(11-18)13-24-22(27)21-10-9-19(29-21)14-28-20-8-3-2-6-17(20)12-23/h2-11H,13-14H2,1H3,(H,24,27)(H,25,26). The maximum absolute atomic E-state index is 12.3. The first-order valence-corrected chi connectivity index (χ1v) is 8.90. The van der Waals surface area contributed by atoms with Crippen molar-refractivity contribution in [2.45, 2.75) is 20.1 Å². The summed E-state index contributed by atoms with van der Waals surface area (Å²) in [6.45, 7) is 1.82. The van der Waals surface area contributed by atoms with Gasteiger partial charge in [0, 0.05) is 19.2 Å². The number of furan rings is 1. The molecule has 0 spiro atoms. The van der Waals surface area contributed by atoms with Gasteiger partial charge in [-0.05, 0) is 42.0 Å². The molecule has 1 aromatic heterocycles. The minimum absolute atomic E-state index is 0.102. The maximum atomic E-state index is 12.3. The molecule has 3 aromatic rings. The second kappa shape index (κ2) is 9.24. The van der Waals surface area contributed by atoms with Gasteiger partial charge in [0.05, 0.1) is 5.56 Å². The fourth-order valence-corrected chi connectivity index (χ4v) is 2.64. The smallest absolute Gasteiger partial charge is 0.287 e. The van der Waals surface area contributed by atoms with Crippen LogP contribution in [0.1, 0.15) is 34.4 Å². The average molecular weight is 389 g/mol. The van der Waals surface area contributed by atoms with Crippen LogP contribution in [0.2, 0.25) is 0 Å². The molecule has 3 rings (SSSR count). The highest BCUT2D eigenvalue weighted by molar-refractivity contribution is 5.91. The molecule has 7 heteroatoms. The van der Waals surface area contributed by atoms with Gasteiger partial charge in [0.25, 0.3) is 5.91 Å². The monoisotopic (exact) mass is 389 g/mol. The largest absolute Gasteiger partial charge is 0.484 e. The van der Waals surface area contributed by atoms with E-state index in [1.165, 1.54) is 6.92 Å². The van der Waals surface area contributed by atoms with Gasteiger partial charge in [-0.15, -0.1) is 0 Å². The Morgan fingerprint density at radius 1 is 1.10 bits per heavy atom. The molecule has 0 unspecified atom stereocenters. The van der Waals surface area contributed by atoms with Crippen LogP contribution in [-0.2, 0) is 17.9 Å². The van der Waals surface area contributed by atoms with E-state index >= 15 is 0 Å². The van der Waals surface area contributed by atoms with Gasteiger partial charge < -0.3 is 19.8 Å². The van der Waals surface area contributed by atoms with Crippen LogP contribution < -0.4 is 15.4 Å². The van der Waals surface area contributed by atoms with E-state index in [4.69, 9.17) is 14.4 Å². The molecular weight excluding hydrogens is 370 g/mol. The van der Waals surface area contributed by atoms with Crippen LogP contribution in [0.25, 0.3) is 0 Å². The SMILES string of the molecule is CC(=O)Nc1cccc(CNC(=O)c2ccc(COc3ccccc3C#N)o2)c1. The van der Waals surface area contributed by atoms with Crippen LogP contribution in [0, 0.1) is 11.3 Å². The normalized spacial score (nSPS) is 10.1. The molecule has 2 N–H and O–H groups in total. The fourth-order valence-electron chi connectivity index (χ4n) is 2.64. The van der Waals surface area contributed by atoms with Crippen LogP contribution in [0.5, 0.6) is 5.75 Å². The number of carbonyl (C=O) groups is 2. The lowest BCUT2D eigenvalue weighted by Gasteiger charge is -2.07. The Hall–Kier alpha value is -4.05. The van der Waals surface area contributed by atoms with E-state index < -0.39 is 0 Å². The molecule has 0 saturated heterocycles. The van der Waals surface area contributed by atoms with Crippen molar-refractivity contribution < 1.29 is 18.7 Å². The molecule has 0 atom stereocenters. The molecule has 0 bridgehead atoms. The van der Waals surface area contributed by atoms with E-state index in [-0.39, 0.29) is 30.7 Å². The van der Waals surface area contributed by atoms with Crippen LogP contribution >= 0.6 is 0 Å². The average Bonchev–Trinajstić information content (AvgIpc) is 3.19. The van der Waals surface area contributed by atoms with Gasteiger partial charge in [-0.1, -0.05) is 24.3 Å². The van der Waals surface area contributed by atoms with E-state index in [1.807, 2.05) is 6.07 Å². The van der Waals surface area contributed by atoms with E-state index in [0.29, 0.717) is 22.8 Å². The molecule has 0 saturated carbocycles. The molecule has 0 aliphatic carbocycles. The topological polar surface area (TPSA) is 104 Å². The number of nitriles is 1. The minimum atomic E-state index is -0.362. The van der Waals surface area contributed by atoms with E-state index in [2.05, 4.69) is 16.7 Å². The summed E-state index contributed by atoms with van der Waals surface area (Å²) in [5.41, 5.74) is 1.94. The Labute approximate surface area is 167 Å². The first-order valence-electron chi connectivity index (χ1n) is 8.90. The van der Waals surface area contributed by atoms with E-state index in [9.17, 15) is 9.59 Å². The number of nitrogens with one attached hydrogen (secondary N) is 2. The molecular formula is C22H19N3O4. The maximum Gasteiger partial charge on any atom is 0.287 e. The second-order valence-corrected chi connectivity index (χ2v) is 6.23. The van der Waals surface area contributed by atoms with Gasteiger partial charge in [0.15, 0.2) is 5.76 Å². The summed E-state index contributed by atoms with van der Waals surface area (Å²) in [7, 11) is 0. The first kappa shape index (κ1) is 19.7. The summed E-state index contributed by atoms with van der Waals surface area (Å²) in [6, 6.07) is 19.4. The molecule has 146 valence electrons. The summed E-state index contributed by atoms with van der Waals surface area (Å²) >= 11 is 0. The number of amides is 2. The zero-order valence-electron chi connectivity index (χ0n) is 15.8. The summed E-state index contributed by atoms with van der Waals surface area (Å²) in [6.07, 6.45) is 0. The van der Waals surface area contributed by atoms with Gasteiger partial charge in [-0.2, -0.15) is 5.26 Å².